The summed E-state index contributed by atoms with van der Waals surface area (Å²) in [5.74, 6) is 1.92. The number of piperazine rings is 1. The zero-order chi connectivity index (χ0) is 19.6. The van der Waals surface area contributed by atoms with E-state index in [0.717, 1.165) is 70.8 Å². The van der Waals surface area contributed by atoms with Crippen molar-refractivity contribution in [1.29, 1.82) is 0 Å². The molecule has 148 valence electrons. The monoisotopic (exact) mass is 423 g/mol. The third-order valence-electron chi connectivity index (χ3n) is 5.17. The number of benzene rings is 1. The molecule has 1 fully saturated rings. The van der Waals surface area contributed by atoms with E-state index >= 15 is 0 Å². The van der Waals surface area contributed by atoms with E-state index in [4.69, 9.17) is 9.72 Å². The molecule has 1 saturated heterocycles. The SMILES string of the molecule is COc1cccc(-c2nc(CN3CCN(c4ncnc5sccc45)CC3)cs2)c1. The van der Waals surface area contributed by atoms with Crippen LogP contribution in [-0.4, -0.2) is 53.1 Å². The molecule has 4 heterocycles. The first kappa shape index (κ1) is 18.5. The predicted molar refractivity (Wildman–Crippen MR) is 119 cm³/mol. The summed E-state index contributed by atoms with van der Waals surface area (Å²) in [5.41, 5.74) is 2.23. The van der Waals surface area contributed by atoms with Gasteiger partial charge in [0.25, 0.3) is 0 Å². The smallest absolute Gasteiger partial charge is 0.140 e. The van der Waals surface area contributed by atoms with Crippen molar-refractivity contribution in [3.63, 3.8) is 0 Å². The van der Waals surface area contributed by atoms with Gasteiger partial charge in [0.05, 0.1) is 18.2 Å². The molecule has 5 rings (SSSR count). The van der Waals surface area contributed by atoms with E-state index in [0.29, 0.717) is 0 Å². The summed E-state index contributed by atoms with van der Waals surface area (Å²) in [7, 11) is 1.69. The van der Waals surface area contributed by atoms with Crippen molar-refractivity contribution in [3.05, 3.63) is 53.1 Å². The van der Waals surface area contributed by atoms with Crippen molar-refractivity contribution in [2.24, 2.45) is 0 Å². The topological polar surface area (TPSA) is 54.4 Å². The van der Waals surface area contributed by atoms with Crippen molar-refractivity contribution >= 4 is 38.7 Å². The lowest BCUT2D eigenvalue weighted by atomic mass is 10.2. The molecule has 1 aliphatic heterocycles. The number of methoxy groups -OCH3 is 1. The van der Waals surface area contributed by atoms with Crippen LogP contribution in [0.15, 0.2) is 47.4 Å². The summed E-state index contributed by atoms with van der Waals surface area (Å²) in [6, 6.07) is 10.2. The standard InChI is InChI=1S/C21H21N5OS2/c1-27-17-4-2-3-15(11-17)20-24-16(13-29-20)12-25-6-8-26(9-7-25)19-18-5-10-28-21(18)23-14-22-19/h2-5,10-11,13-14H,6-9,12H2,1H3. The Morgan fingerprint density at radius 1 is 1.07 bits per heavy atom. The Kier molecular flexibility index (Phi) is 5.13. The summed E-state index contributed by atoms with van der Waals surface area (Å²) in [4.78, 5) is 19.7. The van der Waals surface area contributed by atoms with Crippen LogP contribution in [0.4, 0.5) is 5.82 Å². The number of thiazole rings is 1. The van der Waals surface area contributed by atoms with E-state index in [-0.39, 0.29) is 0 Å². The first-order valence-electron chi connectivity index (χ1n) is 9.54. The van der Waals surface area contributed by atoms with Gasteiger partial charge in [-0.3, -0.25) is 4.90 Å². The molecular weight excluding hydrogens is 402 g/mol. The number of ether oxygens (including phenoxy) is 1. The lowest BCUT2D eigenvalue weighted by molar-refractivity contribution is 0.247. The summed E-state index contributed by atoms with van der Waals surface area (Å²) in [5, 5.41) is 6.45. The van der Waals surface area contributed by atoms with Crippen LogP contribution in [0.2, 0.25) is 0 Å². The van der Waals surface area contributed by atoms with Crippen LogP contribution in [0.25, 0.3) is 20.8 Å². The van der Waals surface area contributed by atoms with Gasteiger partial charge in [0.15, 0.2) is 0 Å². The minimum Gasteiger partial charge on any atom is -0.497 e. The van der Waals surface area contributed by atoms with Crippen LogP contribution in [0.1, 0.15) is 5.69 Å². The Morgan fingerprint density at radius 2 is 1.97 bits per heavy atom. The van der Waals surface area contributed by atoms with Gasteiger partial charge >= 0.3 is 0 Å². The molecule has 0 atom stereocenters. The van der Waals surface area contributed by atoms with E-state index in [2.05, 4.69) is 42.7 Å². The van der Waals surface area contributed by atoms with Gasteiger partial charge in [-0.1, -0.05) is 12.1 Å². The molecule has 0 bridgehead atoms. The predicted octanol–water partition coefficient (Wildman–Crippen LogP) is 4.15. The first-order chi connectivity index (χ1) is 14.3. The summed E-state index contributed by atoms with van der Waals surface area (Å²) in [6.07, 6.45) is 1.68. The van der Waals surface area contributed by atoms with Crippen molar-refractivity contribution in [2.75, 3.05) is 38.2 Å². The average Bonchev–Trinajstić information content (AvgIpc) is 3.44. The maximum atomic E-state index is 5.33. The Morgan fingerprint density at radius 3 is 2.83 bits per heavy atom. The molecule has 1 aliphatic rings. The number of nitrogens with zero attached hydrogens (tertiary/aromatic N) is 5. The molecule has 1 aromatic carbocycles. The van der Waals surface area contributed by atoms with Crippen molar-refractivity contribution in [2.45, 2.75) is 6.54 Å². The lowest BCUT2D eigenvalue weighted by Crippen LogP contribution is -2.46. The third-order valence-corrected chi connectivity index (χ3v) is 6.93. The van der Waals surface area contributed by atoms with Crippen LogP contribution >= 0.6 is 22.7 Å². The molecule has 3 aromatic heterocycles. The Balaban J connectivity index is 1.23. The van der Waals surface area contributed by atoms with Gasteiger partial charge in [-0.2, -0.15) is 0 Å². The van der Waals surface area contributed by atoms with Crippen LogP contribution in [-0.2, 0) is 6.54 Å². The minimum atomic E-state index is 0.861. The van der Waals surface area contributed by atoms with Crippen molar-refractivity contribution in [3.8, 4) is 16.3 Å². The molecule has 0 spiro atoms. The average molecular weight is 424 g/mol. The second-order valence-corrected chi connectivity index (χ2v) is 8.73. The summed E-state index contributed by atoms with van der Waals surface area (Å²) in [6.45, 7) is 4.82. The Bertz CT molecular complexity index is 1120. The number of hydrogen-bond donors (Lipinski definition) is 0. The fourth-order valence-electron chi connectivity index (χ4n) is 3.64. The molecule has 0 saturated carbocycles. The first-order valence-corrected chi connectivity index (χ1v) is 11.3. The van der Waals surface area contributed by atoms with Gasteiger partial charge in [0.1, 0.15) is 27.7 Å². The van der Waals surface area contributed by atoms with Crippen LogP contribution < -0.4 is 9.64 Å². The molecule has 0 amide bonds. The highest BCUT2D eigenvalue weighted by Crippen LogP contribution is 2.29. The van der Waals surface area contributed by atoms with Gasteiger partial charge in [-0.25, -0.2) is 15.0 Å². The van der Waals surface area contributed by atoms with Crippen LogP contribution in [0, 0.1) is 0 Å². The van der Waals surface area contributed by atoms with E-state index in [1.54, 1.807) is 36.1 Å². The fourth-order valence-corrected chi connectivity index (χ4v) is 5.18. The molecule has 4 aromatic rings. The largest absolute Gasteiger partial charge is 0.497 e. The minimum absolute atomic E-state index is 0.861. The molecule has 0 N–H and O–H groups in total. The quantitative estimate of drug-likeness (QED) is 0.481. The molecule has 0 radical (unpaired) electrons. The van der Waals surface area contributed by atoms with E-state index < -0.39 is 0 Å². The highest BCUT2D eigenvalue weighted by atomic mass is 32.1. The van der Waals surface area contributed by atoms with Crippen LogP contribution in [0.5, 0.6) is 5.75 Å². The highest BCUT2D eigenvalue weighted by molar-refractivity contribution is 7.16. The number of hydrogen-bond acceptors (Lipinski definition) is 8. The van der Waals surface area contributed by atoms with Crippen molar-refractivity contribution < 1.29 is 4.74 Å². The van der Waals surface area contributed by atoms with Crippen molar-refractivity contribution in [1.82, 2.24) is 19.9 Å². The van der Waals surface area contributed by atoms with Gasteiger partial charge in [0.2, 0.25) is 0 Å². The molecule has 0 unspecified atom stereocenters. The van der Waals surface area contributed by atoms with Gasteiger partial charge in [-0.05, 0) is 23.6 Å². The molecule has 0 aliphatic carbocycles. The summed E-state index contributed by atoms with van der Waals surface area (Å²) < 4.78 is 5.33. The second-order valence-electron chi connectivity index (χ2n) is 6.98. The number of anilines is 1. The zero-order valence-corrected chi connectivity index (χ0v) is 17.7. The van der Waals surface area contributed by atoms with E-state index in [9.17, 15) is 0 Å². The fraction of sp³-hybridized carbons (Fsp3) is 0.286. The van der Waals surface area contributed by atoms with Gasteiger partial charge < -0.3 is 9.64 Å². The number of fused-ring (bicyclic) bond motifs is 1. The van der Waals surface area contributed by atoms with E-state index in [1.807, 2.05) is 18.2 Å². The molecule has 6 nitrogen and oxygen atoms in total. The molecular formula is C21H21N5OS2. The third kappa shape index (κ3) is 3.83. The maximum Gasteiger partial charge on any atom is 0.140 e. The lowest BCUT2D eigenvalue weighted by Gasteiger charge is -2.35. The second kappa shape index (κ2) is 8.06. The van der Waals surface area contributed by atoms with Crippen LogP contribution in [0.3, 0.4) is 0 Å². The highest BCUT2D eigenvalue weighted by Gasteiger charge is 2.21. The zero-order valence-electron chi connectivity index (χ0n) is 16.1. The maximum absolute atomic E-state index is 5.33. The van der Waals surface area contributed by atoms with Gasteiger partial charge in [0, 0.05) is 43.7 Å². The normalized spacial score (nSPS) is 15.1. The van der Waals surface area contributed by atoms with E-state index in [1.165, 1.54) is 0 Å². The number of thiophene rings is 1. The molecule has 8 heteroatoms. The number of aromatic nitrogens is 3. The summed E-state index contributed by atoms with van der Waals surface area (Å²) >= 11 is 3.36. The number of rotatable bonds is 5. The van der Waals surface area contributed by atoms with Gasteiger partial charge in [-0.15, -0.1) is 22.7 Å². The molecule has 29 heavy (non-hydrogen) atoms. The Labute approximate surface area is 177 Å². The Hall–Kier alpha value is -2.55.